The van der Waals surface area contributed by atoms with Crippen molar-refractivity contribution in [3.05, 3.63) is 0 Å². The van der Waals surface area contributed by atoms with E-state index in [1.165, 1.54) is 0 Å². The Balaban J connectivity index is 5.34. The number of rotatable bonds is 15. The van der Waals surface area contributed by atoms with Gasteiger partial charge >= 0.3 is 149 Å². The second-order valence-electron chi connectivity index (χ2n) is 5.30. The summed E-state index contributed by atoms with van der Waals surface area (Å²) in [6.45, 7) is 8.17. The van der Waals surface area contributed by atoms with Gasteiger partial charge in [-0.05, 0) is 0 Å². The Labute approximate surface area is 149 Å². The van der Waals surface area contributed by atoms with Crippen LogP contribution in [0, 0.1) is 0 Å². The van der Waals surface area contributed by atoms with Crippen molar-refractivity contribution in [3.8, 4) is 0 Å². The fourth-order valence-electron chi connectivity index (χ4n) is 2.28. The van der Waals surface area contributed by atoms with E-state index >= 15 is 0 Å². The molecule has 0 radical (unpaired) electrons. The molecule has 6 nitrogen and oxygen atoms in total. The maximum absolute atomic E-state index is 6.03. The third-order valence-electron chi connectivity index (χ3n) is 3.39. The molecule has 4 atom stereocenters. The molecule has 0 aliphatic carbocycles. The average molecular weight is 362 g/mol. The van der Waals surface area contributed by atoms with Gasteiger partial charge in [0.05, 0.1) is 0 Å². The number of hydrogen-bond acceptors (Lipinski definition) is 6. The van der Waals surface area contributed by atoms with Crippen molar-refractivity contribution in [3.63, 3.8) is 0 Å². The van der Waals surface area contributed by atoms with E-state index < -0.39 is 25.8 Å². The molecule has 24 heavy (non-hydrogen) atoms. The van der Waals surface area contributed by atoms with Crippen LogP contribution < -0.4 is 0 Å². The van der Waals surface area contributed by atoms with Gasteiger partial charge in [-0.1, -0.05) is 0 Å². The Morgan fingerprint density at radius 1 is 1.00 bits per heavy atom. The van der Waals surface area contributed by atoms with Crippen molar-refractivity contribution in [1.29, 1.82) is 0 Å². The van der Waals surface area contributed by atoms with Crippen molar-refractivity contribution >= 4 is 21.9 Å². The van der Waals surface area contributed by atoms with Crippen LogP contribution in [0.5, 0.6) is 0 Å². The molecule has 0 amide bonds. The SMILES string of the molecule is B#P(B)O[C@@H](C(OC)OC)[C@H](OCC)[C@H](COCC)OCCCC. The molecule has 0 aromatic rings. The molecule has 0 bridgehead atoms. The van der Waals surface area contributed by atoms with Crippen molar-refractivity contribution in [1.82, 2.24) is 0 Å². The molecule has 0 saturated heterocycles. The molecule has 0 N–H and O–H groups in total. The van der Waals surface area contributed by atoms with Crippen molar-refractivity contribution < 1.29 is 28.2 Å². The predicted octanol–water partition coefficient (Wildman–Crippen LogP) is 1.65. The normalized spacial score (nSPS) is 16.2. The van der Waals surface area contributed by atoms with Crippen LogP contribution in [0.15, 0.2) is 0 Å². The summed E-state index contributed by atoms with van der Waals surface area (Å²) < 4.78 is 34.3. The molecule has 1 unspecified atom stereocenters. The fraction of sp³-hybridized carbons (Fsp3) is 1.00. The quantitative estimate of drug-likeness (QED) is 0.191. The Morgan fingerprint density at radius 2 is 1.67 bits per heavy atom. The Bertz CT molecular complexity index is 362. The molecule has 0 aromatic heterocycles. The van der Waals surface area contributed by atoms with Gasteiger partial charge in [0, 0.05) is 0 Å². The average Bonchev–Trinajstić information content (AvgIpc) is 2.56. The zero-order valence-electron chi connectivity index (χ0n) is 16.0. The summed E-state index contributed by atoms with van der Waals surface area (Å²) in [6, 6.07) is 0. The summed E-state index contributed by atoms with van der Waals surface area (Å²) in [5.41, 5.74) is 0. The summed E-state index contributed by atoms with van der Waals surface area (Å²) in [7, 11) is 9.74. The van der Waals surface area contributed by atoms with Crippen LogP contribution in [-0.2, 0) is 28.2 Å². The summed E-state index contributed by atoms with van der Waals surface area (Å²) in [5.74, 6) is 0. The molecular formula is C15H33B2O6P. The topological polar surface area (TPSA) is 55.4 Å². The molecule has 0 spiro atoms. The number of ether oxygens (including phenoxy) is 5. The van der Waals surface area contributed by atoms with E-state index in [0.29, 0.717) is 26.4 Å². The molecule has 140 valence electrons. The zero-order valence-corrected chi connectivity index (χ0v) is 16.9. The van der Waals surface area contributed by atoms with E-state index in [-0.39, 0.29) is 6.10 Å². The maximum atomic E-state index is 6.03. The van der Waals surface area contributed by atoms with Gasteiger partial charge in [0.1, 0.15) is 0 Å². The van der Waals surface area contributed by atoms with Crippen LogP contribution in [-0.4, -0.2) is 79.8 Å². The van der Waals surface area contributed by atoms with Crippen LogP contribution in [0.3, 0.4) is 0 Å². The van der Waals surface area contributed by atoms with E-state index in [1.54, 1.807) is 14.2 Å². The van der Waals surface area contributed by atoms with E-state index in [4.69, 9.17) is 35.2 Å². The minimum absolute atomic E-state index is 0.288. The first-order valence-electron chi connectivity index (χ1n) is 8.57. The standard InChI is InChI=1S/C15H33B2O6P/c1-6-9-10-22-12(11-20-7-2)13(21-8-3)14(23-24(16)17)15(18-4)19-5/h12-15H,6-11,16H2,1-5H3/t12-,13+,14+/m0/s1. The number of hydrogen-bond donors (Lipinski definition) is 0. The third kappa shape index (κ3) is 9.62. The first-order valence-corrected chi connectivity index (χ1v) is 10.3. The molecule has 9 heteroatoms. The molecule has 0 saturated carbocycles. The van der Waals surface area contributed by atoms with Crippen molar-refractivity contribution in [2.45, 2.75) is 58.2 Å². The van der Waals surface area contributed by atoms with E-state index in [0.717, 1.165) is 12.8 Å². The molecule has 0 rings (SSSR count). The Morgan fingerprint density at radius 3 is 2.12 bits per heavy atom. The summed E-state index contributed by atoms with van der Waals surface area (Å²) >= 11 is 0. The number of methoxy groups -OCH3 is 2. The minimum atomic E-state index is -1.12. The van der Waals surface area contributed by atoms with Gasteiger partial charge in [-0.25, -0.2) is 0 Å². The molecule has 0 aliphatic rings. The van der Waals surface area contributed by atoms with Crippen LogP contribution in [0.2, 0.25) is 0 Å². The van der Waals surface area contributed by atoms with Crippen LogP contribution >= 0.6 is 7.34 Å². The van der Waals surface area contributed by atoms with Gasteiger partial charge in [-0.2, -0.15) is 0 Å². The third-order valence-corrected chi connectivity index (χ3v) is 3.96. The van der Waals surface area contributed by atoms with Gasteiger partial charge in [-0.15, -0.1) is 0 Å². The number of unbranched alkanes of at least 4 members (excludes halogenated alkanes) is 1. The van der Waals surface area contributed by atoms with Crippen LogP contribution in [0.4, 0.5) is 0 Å². The Hall–Kier alpha value is 0.190. The van der Waals surface area contributed by atoms with Gasteiger partial charge in [0.2, 0.25) is 0 Å². The summed E-state index contributed by atoms with van der Waals surface area (Å²) in [6.07, 6.45) is 0.230. The van der Waals surface area contributed by atoms with E-state index in [9.17, 15) is 0 Å². The second kappa shape index (κ2) is 15.4. The van der Waals surface area contributed by atoms with Gasteiger partial charge in [-0.3, -0.25) is 0 Å². The van der Waals surface area contributed by atoms with Gasteiger partial charge in [0.15, 0.2) is 0 Å². The Kier molecular flexibility index (Phi) is 15.6. The fourth-order valence-corrected chi connectivity index (χ4v) is 2.88. The second-order valence-corrected chi connectivity index (χ2v) is 6.60. The van der Waals surface area contributed by atoms with Gasteiger partial charge in [0.25, 0.3) is 0 Å². The molecule has 0 aliphatic heterocycles. The molecule has 0 fully saturated rings. The van der Waals surface area contributed by atoms with E-state index in [2.05, 4.69) is 6.92 Å². The van der Waals surface area contributed by atoms with Crippen LogP contribution in [0.25, 0.3) is 0 Å². The first kappa shape index (κ1) is 24.2. The van der Waals surface area contributed by atoms with Crippen LogP contribution in [0.1, 0.15) is 33.6 Å². The monoisotopic (exact) mass is 362 g/mol. The zero-order chi connectivity index (χ0) is 18.4. The molecule has 0 heterocycles. The molecular weight excluding hydrogens is 329 g/mol. The summed E-state index contributed by atoms with van der Waals surface area (Å²) in [4.78, 5) is 0. The van der Waals surface area contributed by atoms with E-state index in [1.807, 2.05) is 21.4 Å². The molecule has 0 aromatic carbocycles. The van der Waals surface area contributed by atoms with Gasteiger partial charge < -0.3 is 0 Å². The predicted molar refractivity (Wildman–Crippen MR) is 100 cm³/mol. The van der Waals surface area contributed by atoms with Crippen molar-refractivity contribution in [2.75, 3.05) is 40.6 Å². The summed E-state index contributed by atoms with van der Waals surface area (Å²) in [5, 5.41) is 0. The first-order chi connectivity index (χ1) is 11.5. The van der Waals surface area contributed by atoms with Crippen molar-refractivity contribution in [2.24, 2.45) is 0 Å².